The van der Waals surface area contributed by atoms with Gasteiger partial charge in [-0.3, -0.25) is 9.59 Å². The molecule has 8 nitrogen and oxygen atoms in total. The van der Waals surface area contributed by atoms with Crippen LogP contribution in [0.3, 0.4) is 0 Å². The van der Waals surface area contributed by atoms with Crippen molar-refractivity contribution >= 4 is 29.1 Å². The fourth-order valence-corrected chi connectivity index (χ4v) is 5.86. The molecule has 1 aromatic heterocycles. The molecule has 3 heterocycles. The number of carbonyl (C=O) groups excluding carboxylic acids is 2. The number of β-lactam (4-membered cyclic amide) rings is 1. The van der Waals surface area contributed by atoms with Crippen LogP contribution in [-0.4, -0.2) is 46.4 Å². The molecule has 2 aliphatic heterocycles. The van der Waals surface area contributed by atoms with Crippen molar-refractivity contribution in [3.63, 3.8) is 0 Å². The van der Waals surface area contributed by atoms with Gasteiger partial charge in [0.1, 0.15) is 17.8 Å². The first-order valence-corrected chi connectivity index (χ1v) is 13.3. The molecular formula is C31H27ClN4O4. The number of amides is 2. The van der Waals surface area contributed by atoms with Gasteiger partial charge in [-0.15, -0.1) is 0 Å². The van der Waals surface area contributed by atoms with Gasteiger partial charge in [0.15, 0.2) is 0 Å². The zero-order chi connectivity index (χ0) is 28.0. The number of anilines is 1. The summed E-state index contributed by atoms with van der Waals surface area (Å²) in [6.07, 6.45) is -1.01. The van der Waals surface area contributed by atoms with E-state index in [1.807, 2.05) is 86.6 Å². The average molecular weight is 555 g/mol. The maximum atomic E-state index is 13.9. The Morgan fingerprint density at radius 1 is 0.950 bits per heavy atom. The van der Waals surface area contributed by atoms with Gasteiger partial charge in [-0.1, -0.05) is 54.1 Å². The number of nitrogens with zero attached hydrogens (tertiary/aromatic N) is 4. The molecule has 40 heavy (non-hydrogen) atoms. The van der Waals surface area contributed by atoms with Gasteiger partial charge in [-0.2, -0.15) is 0 Å². The highest BCUT2D eigenvalue weighted by Crippen LogP contribution is 2.53. The Kier molecular flexibility index (Phi) is 6.43. The van der Waals surface area contributed by atoms with Crippen LogP contribution in [0.4, 0.5) is 5.69 Å². The molecule has 1 fully saturated rings. The summed E-state index contributed by atoms with van der Waals surface area (Å²) < 4.78 is 11.6. The van der Waals surface area contributed by atoms with Gasteiger partial charge in [0, 0.05) is 22.0 Å². The Labute approximate surface area is 237 Å². The second kappa shape index (κ2) is 9.95. The first kappa shape index (κ1) is 25.8. The van der Waals surface area contributed by atoms with Gasteiger partial charge in [-0.25, -0.2) is 9.97 Å². The van der Waals surface area contributed by atoms with Crippen LogP contribution < -0.4 is 14.4 Å². The van der Waals surface area contributed by atoms with Gasteiger partial charge in [0.25, 0.3) is 5.91 Å². The summed E-state index contributed by atoms with van der Waals surface area (Å²) in [4.78, 5) is 39.8. The van der Waals surface area contributed by atoms with E-state index in [2.05, 4.69) is 9.97 Å². The molecule has 2 atom stereocenters. The van der Waals surface area contributed by atoms with Gasteiger partial charge in [0.05, 0.1) is 19.3 Å². The van der Waals surface area contributed by atoms with E-state index in [1.54, 1.807) is 23.0 Å². The average Bonchev–Trinajstić information content (AvgIpc) is 3.03. The maximum Gasteiger partial charge on any atom is 0.317 e. The predicted molar refractivity (Wildman–Crippen MR) is 150 cm³/mol. The quantitative estimate of drug-likeness (QED) is 0.317. The lowest BCUT2D eigenvalue weighted by atomic mass is 9.69. The molecule has 202 valence electrons. The van der Waals surface area contributed by atoms with Crippen molar-refractivity contribution in [1.82, 2.24) is 14.9 Å². The number of aromatic nitrogens is 2. The summed E-state index contributed by atoms with van der Waals surface area (Å²) in [5.41, 5.74) is 3.38. The van der Waals surface area contributed by atoms with Crippen molar-refractivity contribution in [2.75, 3.05) is 18.6 Å². The van der Waals surface area contributed by atoms with Crippen LogP contribution in [0, 0.1) is 13.8 Å². The number of aryl methyl sites for hydroxylation is 2. The van der Waals surface area contributed by atoms with Crippen LogP contribution in [0.1, 0.15) is 28.1 Å². The Morgan fingerprint density at radius 2 is 1.65 bits per heavy atom. The third-order valence-corrected chi connectivity index (χ3v) is 7.68. The second-order valence-corrected chi connectivity index (χ2v) is 10.4. The lowest BCUT2D eigenvalue weighted by molar-refractivity contribution is -0.178. The van der Waals surface area contributed by atoms with Crippen molar-refractivity contribution in [2.24, 2.45) is 0 Å². The van der Waals surface area contributed by atoms with E-state index >= 15 is 0 Å². The number of carbonyl (C=O) groups is 2. The van der Waals surface area contributed by atoms with E-state index in [0.29, 0.717) is 22.8 Å². The largest absolute Gasteiger partial charge is 0.497 e. The summed E-state index contributed by atoms with van der Waals surface area (Å²) in [6, 6.07) is 24.5. The number of benzene rings is 3. The van der Waals surface area contributed by atoms with Gasteiger partial charge in [0.2, 0.25) is 12.0 Å². The zero-order valence-electron chi connectivity index (χ0n) is 22.3. The van der Waals surface area contributed by atoms with E-state index in [-0.39, 0.29) is 24.4 Å². The third-order valence-electron chi connectivity index (χ3n) is 7.45. The van der Waals surface area contributed by atoms with Crippen LogP contribution in [0.15, 0.2) is 78.9 Å². The van der Waals surface area contributed by atoms with Crippen LogP contribution in [0.25, 0.3) is 0 Å². The Morgan fingerprint density at radius 3 is 2.33 bits per heavy atom. The molecule has 0 N–H and O–H groups in total. The van der Waals surface area contributed by atoms with E-state index in [0.717, 1.165) is 28.3 Å². The number of halogens is 1. The van der Waals surface area contributed by atoms with Crippen molar-refractivity contribution in [3.8, 4) is 11.8 Å². The summed E-state index contributed by atoms with van der Waals surface area (Å²) in [7, 11) is 1.61. The molecule has 0 spiro atoms. The molecule has 9 heteroatoms. The number of hydrogen-bond donors (Lipinski definition) is 0. The molecule has 4 aromatic rings. The van der Waals surface area contributed by atoms with Gasteiger partial charge >= 0.3 is 6.01 Å². The minimum Gasteiger partial charge on any atom is -0.497 e. The number of hydrogen-bond acceptors (Lipinski definition) is 6. The number of fused-ring (bicyclic) bond motifs is 3. The summed E-state index contributed by atoms with van der Waals surface area (Å²) >= 11 is 6.59. The molecule has 3 aromatic carbocycles. The topological polar surface area (TPSA) is 84.9 Å². The van der Waals surface area contributed by atoms with Gasteiger partial charge in [-0.05, 0) is 61.4 Å². The molecule has 2 aliphatic rings. The van der Waals surface area contributed by atoms with Crippen molar-refractivity contribution < 1.29 is 19.1 Å². The molecule has 2 unspecified atom stereocenters. The Balaban J connectivity index is 1.53. The normalized spacial score (nSPS) is 19.9. The van der Waals surface area contributed by atoms with Crippen LogP contribution in [0.5, 0.6) is 11.8 Å². The van der Waals surface area contributed by atoms with Gasteiger partial charge < -0.3 is 19.3 Å². The molecule has 2 amide bonds. The van der Waals surface area contributed by atoms with E-state index in [1.165, 1.54) is 0 Å². The van der Waals surface area contributed by atoms with Crippen molar-refractivity contribution in [1.29, 1.82) is 0 Å². The highest BCUT2D eigenvalue weighted by atomic mass is 35.5. The van der Waals surface area contributed by atoms with Crippen LogP contribution in [-0.2, 0) is 21.7 Å². The second-order valence-electron chi connectivity index (χ2n) is 9.98. The summed E-state index contributed by atoms with van der Waals surface area (Å²) in [6.45, 7) is 3.86. The SMILES string of the molecule is COc1ccc(CN2C(=O)CN3C(=O)C(Oc4nc(C)cc(C)n4)C3(c3ccccc3)c3cc(Cl)ccc32)cc1. The smallest absolute Gasteiger partial charge is 0.317 e. The Hall–Kier alpha value is -4.43. The summed E-state index contributed by atoms with van der Waals surface area (Å²) in [5.74, 6) is 0.188. The highest BCUT2D eigenvalue weighted by Gasteiger charge is 2.67. The summed E-state index contributed by atoms with van der Waals surface area (Å²) in [5, 5.41) is 0.480. The van der Waals surface area contributed by atoms with Crippen molar-refractivity contribution in [3.05, 3.63) is 112 Å². The lowest BCUT2D eigenvalue weighted by Gasteiger charge is -2.55. The molecule has 0 aliphatic carbocycles. The first-order chi connectivity index (χ1) is 19.3. The molecule has 0 radical (unpaired) electrons. The fourth-order valence-electron chi connectivity index (χ4n) is 5.69. The molecule has 0 saturated carbocycles. The van der Waals surface area contributed by atoms with Crippen molar-refractivity contribution in [2.45, 2.75) is 32.0 Å². The number of ether oxygens (including phenoxy) is 2. The van der Waals surface area contributed by atoms with E-state index in [9.17, 15) is 9.59 Å². The fraction of sp³-hybridized carbons (Fsp3) is 0.226. The van der Waals surface area contributed by atoms with E-state index < -0.39 is 11.6 Å². The first-order valence-electron chi connectivity index (χ1n) is 12.9. The molecule has 0 bridgehead atoms. The monoisotopic (exact) mass is 554 g/mol. The minimum absolute atomic E-state index is 0.111. The maximum absolute atomic E-state index is 13.9. The molecular weight excluding hydrogens is 528 g/mol. The standard InChI is InChI=1S/C31H27ClN4O4/c1-19-15-20(2)34-30(33-19)40-28-29(38)36-18-27(37)35(17-21-9-12-24(39-3)13-10-21)26-14-11-23(32)16-25(26)31(28,36)22-7-5-4-6-8-22/h4-16,28H,17-18H2,1-3H3. The third kappa shape index (κ3) is 4.16. The predicted octanol–water partition coefficient (Wildman–Crippen LogP) is 4.84. The molecule has 1 saturated heterocycles. The van der Waals surface area contributed by atoms with Crippen LogP contribution in [0.2, 0.25) is 5.02 Å². The number of rotatable bonds is 6. The zero-order valence-corrected chi connectivity index (χ0v) is 23.1. The Bertz CT molecular complexity index is 1590. The minimum atomic E-state index is -1.14. The highest BCUT2D eigenvalue weighted by molar-refractivity contribution is 6.30. The number of methoxy groups -OCH3 is 1. The molecule has 6 rings (SSSR count). The lowest BCUT2D eigenvalue weighted by Crippen LogP contribution is -2.74. The van der Waals surface area contributed by atoms with E-state index in [4.69, 9.17) is 21.1 Å². The van der Waals surface area contributed by atoms with Crippen LogP contribution >= 0.6 is 11.6 Å².